The van der Waals surface area contributed by atoms with E-state index in [0.717, 1.165) is 24.8 Å². The smallest absolute Gasteiger partial charge is 0.271 e. The highest BCUT2D eigenvalue weighted by atomic mass is 19.4. The van der Waals surface area contributed by atoms with Crippen molar-refractivity contribution >= 4 is 11.0 Å². The van der Waals surface area contributed by atoms with Gasteiger partial charge in [0.2, 0.25) is 0 Å². The van der Waals surface area contributed by atoms with Crippen molar-refractivity contribution in [2.24, 2.45) is 0 Å². The van der Waals surface area contributed by atoms with Crippen molar-refractivity contribution in [3.05, 3.63) is 47.8 Å². The molecule has 0 amide bonds. The molecule has 2 heterocycles. The molecule has 1 N–H and O–H groups in total. The van der Waals surface area contributed by atoms with Gasteiger partial charge in [0.05, 0.1) is 11.5 Å². The maximum absolute atomic E-state index is 13.3. The van der Waals surface area contributed by atoms with Crippen LogP contribution >= 0.6 is 0 Å². The summed E-state index contributed by atoms with van der Waals surface area (Å²) in [5.74, 6) is 0. The Bertz CT molecular complexity index is 1010. The maximum atomic E-state index is 13.3. The molecule has 0 unspecified atom stereocenters. The Morgan fingerprint density at radius 1 is 1.23 bits per heavy atom. The van der Waals surface area contributed by atoms with Gasteiger partial charge in [-0.3, -0.25) is 5.10 Å². The first-order valence-corrected chi connectivity index (χ1v) is 8.33. The Kier molecular flexibility index (Phi) is 3.72. The zero-order valence-corrected chi connectivity index (χ0v) is 13.8. The van der Waals surface area contributed by atoms with Gasteiger partial charge in [-0.25, -0.2) is 4.98 Å². The van der Waals surface area contributed by atoms with Gasteiger partial charge in [-0.05, 0) is 47.4 Å². The molecule has 4 nitrogen and oxygen atoms in total. The molecule has 7 heteroatoms. The van der Waals surface area contributed by atoms with Gasteiger partial charge in [0.15, 0.2) is 5.65 Å². The molecule has 1 aromatic carbocycles. The minimum atomic E-state index is -4.53. The Hall–Kier alpha value is -2.88. The lowest BCUT2D eigenvalue weighted by Gasteiger charge is -2.16. The summed E-state index contributed by atoms with van der Waals surface area (Å²) in [5.41, 5.74) is 1.38. The van der Waals surface area contributed by atoms with E-state index in [4.69, 9.17) is 5.26 Å². The molecule has 0 spiro atoms. The number of pyridine rings is 1. The summed E-state index contributed by atoms with van der Waals surface area (Å²) in [6.45, 7) is 0. The Balaban J connectivity index is 1.83. The molecule has 3 aromatic rings. The minimum Gasteiger partial charge on any atom is -0.271 e. The first kappa shape index (κ1) is 16.6. The molecular weight excluding hydrogens is 341 g/mol. The number of nitrogens with zero attached hydrogens (tertiary/aromatic N) is 3. The van der Waals surface area contributed by atoms with Gasteiger partial charge in [-0.15, -0.1) is 0 Å². The second-order valence-corrected chi connectivity index (χ2v) is 6.67. The third kappa shape index (κ3) is 2.71. The monoisotopic (exact) mass is 356 g/mol. The summed E-state index contributed by atoms with van der Waals surface area (Å²) in [4.78, 5) is 3.95. The molecule has 132 valence electrons. The van der Waals surface area contributed by atoms with Crippen molar-refractivity contribution in [3.8, 4) is 17.2 Å². The molecule has 2 aromatic heterocycles. The molecule has 0 bridgehead atoms. The normalized spacial score (nSPS) is 15.8. The van der Waals surface area contributed by atoms with E-state index in [9.17, 15) is 13.2 Å². The van der Waals surface area contributed by atoms with Crippen LogP contribution in [0, 0.1) is 11.3 Å². The summed E-state index contributed by atoms with van der Waals surface area (Å²) in [6, 6.07) is 11.3. The van der Waals surface area contributed by atoms with E-state index in [1.54, 1.807) is 12.1 Å². The maximum Gasteiger partial charge on any atom is 0.433 e. The third-order valence-corrected chi connectivity index (χ3v) is 5.09. The number of benzene rings is 1. The van der Waals surface area contributed by atoms with E-state index in [0.29, 0.717) is 17.5 Å². The number of nitrogens with one attached hydrogen (secondary N) is 1. The lowest BCUT2D eigenvalue weighted by Crippen LogP contribution is -2.07. The van der Waals surface area contributed by atoms with Crippen molar-refractivity contribution in [2.45, 2.75) is 37.3 Å². The van der Waals surface area contributed by atoms with Crippen LogP contribution in [0.1, 0.15) is 36.9 Å². The first-order chi connectivity index (χ1) is 12.4. The molecule has 1 aliphatic carbocycles. The van der Waals surface area contributed by atoms with E-state index in [1.807, 2.05) is 18.2 Å². The number of rotatable bonds is 4. The number of alkyl halides is 3. The summed E-state index contributed by atoms with van der Waals surface area (Å²) in [7, 11) is 0. The fourth-order valence-electron chi connectivity index (χ4n) is 3.54. The highest BCUT2D eigenvalue weighted by Gasteiger charge is 2.43. The Morgan fingerprint density at radius 2 is 2.04 bits per heavy atom. The number of aromatic nitrogens is 3. The van der Waals surface area contributed by atoms with Gasteiger partial charge in [0.25, 0.3) is 0 Å². The zero-order chi connectivity index (χ0) is 18.4. The minimum absolute atomic E-state index is 0.0128. The standard InChI is InChI=1S/C19H15F3N4/c20-19(21,22)16-15-14(5-10-24-17(15)26-25-16)12-3-1-4-13(11-12)18(7-8-18)6-2-9-23/h1,3-5,10-11H,2,6-8H2,(H,24,25,26). The lowest BCUT2D eigenvalue weighted by atomic mass is 9.88. The lowest BCUT2D eigenvalue weighted by molar-refractivity contribution is -0.139. The van der Waals surface area contributed by atoms with Crippen LogP contribution in [0.25, 0.3) is 22.2 Å². The van der Waals surface area contributed by atoms with Gasteiger partial charge < -0.3 is 0 Å². The largest absolute Gasteiger partial charge is 0.433 e. The first-order valence-electron chi connectivity index (χ1n) is 8.33. The predicted octanol–water partition coefficient (Wildman–Crippen LogP) is 4.98. The van der Waals surface area contributed by atoms with Crippen LogP contribution in [-0.2, 0) is 11.6 Å². The number of halogens is 3. The fraction of sp³-hybridized carbons (Fsp3) is 0.316. The van der Waals surface area contributed by atoms with Crippen molar-refractivity contribution < 1.29 is 13.2 Å². The molecule has 1 aliphatic rings. The van der Waals surface area contributed by atoms with E-state index in [1.165, 1.54) is 6.20 Å². The average Bonchev–Trinajstić information content (AvgIpc) is 3.28. The number of hydrogen-bond acceptors (Lipinski definition) is 3. The van der Waals surface area contributed by atoms with Crippen molar-refractivity contribution in [1.29, 1.82) is 5.26 Å². The summed E-state index contributed by atoms with van der Waals surface area (Å²) < 4.78 is 40.0. The van der Waals surface area contributed by atoms with E-state index < -0.39 is 11.9 Å². The SMILES string of the molecule is N#CCCC1(c2cccc(-c3ccnc4n[nH]c(C(F)(F)F)c34)c2)CC1. The van der Waals surface area contributed by atoms with E-state index >= 15 is 0 Å². The average molecular weight is 356 g/mol. The predicted molar refractivity (Wildman–Crippen MR) is 90.1 cm³/mol. The van der Waals surface area contributed by atoms with Crippen molar-refractivity contribution in [3.63, 3.8) is 0 Å². The van der Waals surface area contributed by atoms with Gasteiger partial charge in [0.1, 0.15) is 5.69 Å². The van der Waals surface area contributed by atoms with Crippen molar-refractivity contribution in [1.82, 2.24) is 15.2 Å². The third-order valence-electron chi connectivity index (χ3n) is 5.09. The number of nitriles is 1. The second kappa shape index (κ2) is 5.84. The quantitative estimate of drug-likeness (QED) is 0.717. The summed E-state index contributed by atoms with van der Waals surface area (Å²) >= 11 is 0. The van der Waals surface area contributed by atoms with Crippen LogP contribution in [0.15, 0.2) is 36.5 Å². The molecule has 0 radical (unpaired) electrons. The second-order valence-electron chi connectivity index (χ2n) is 6.67. The van der Waals surface area contributed by atoms with Gasteiger partial charge in [-0.2, -0.15) is 23.5 Å². The molecular formula is C19H15F3N4. The van der Waals surface area contributed by atoms with E-state index in [-0.39, 0.29) is 16.4 Å². The van der Waals surface area contributed by atoms with Crippen LogP contribution in [-0.4, -0.2) is 15.2 Å². The summed E-state index contributed by atoms with van der Waals surface area (Å²) in [5, 5.41) is 14.6. The van der Waals surface area contributed by atoms with Crippen LogP contribution in [0.3, 0.4) is 0 Å². The highest BCUT2D eigenvalue weighted by molar-refractivity contribution is 5.94. The van der Waals surface area contributed by atoms with Gasteiger partial charge in [0, 0.05) is 12.6 Å². The molecule has 0 aliphatic heterocycles. The number of H-pyrrole nitrogens is 1. The van der Waals surface area contributed by atoms with Crippen molar-refractivity contribution in [2.75, 3.05) is 0 Å². The Labute approximate surface area is 147 Å². The zero-order valence-electron chi connectivity index (χ0n) is 13.8. The fourth-order valence-corrected chi connectivity index (χ4v) is 3.54. The molecule has 1 saturated carbocycles. The topological polar surface area (TPSA) is 65.4 Å². The number of fused-ring (bicyclic) bond motifs is 1. The Morgan fingerprint density at radius 3 is 2.73 bits per heavy atom. The molecule has 1 fully saturated rings. The number of hydrogen-bond donors (Lipinski definition) is 1. The molecule has 26 heavy (non-hydrogen) atoms. The van der Waals surface area contributed by atoms with Gasteiger partial charge in [-0.1, -0.05) is 24.3 Å². The molecule has 4 rings (SSSR count). The molecule has 0 atom stereocenters. The number of aromatic amines is 1. The highest BCUT2D eigenvalue weighted by Crippen LogP contribution is 2.52. The molecule has 0 saturated heterocycles. The van der Waals surface area contributed by atoms with E-state index in [2.05, 4.69) is 21.3 Å². The van der Waals surface area contributed by atoms with Gasteiger partial charge >= 0.3 is 6.18 Å². The summed E-state index contributed by atoms with van der Waals surface area (Å²) in [6.07, 6.45) is 0.192. The van der Waals surface area contributed by atoms with Crippen LogP contribution < -0.4 is 0 Å². The van der Waals surface area contributed by atoms with Crippen LogP contribution in [0.5, 0.6) is 0 Å². The van der Waals surface area contributed by atoms with Crippen LogP contribution in [0.2, 0.25) is 0 Å². The van der Waals surface area contributed by atoms with Crippen LogP contribution in [0.4, 0.5) is 13.2 Å².